The van der Waals surface area contributed by atoms with Crippen LogP contribution in [0, 0.1) is 0 Å². The number of anilines is 1. The van der Waals surface area contributed by atoms with Gasteiger partial charge < -0.3 is 15.2 Å². The molecular weight excluding hydrogens is 274 g/mol. The van der Waals surface area contributed by atoms with Crippen LogP contribution in [0.25, 0.3) is 0 Å². The van der Waals surface area contributed by atoms with E-state index in [2.05, 4.69) is 10.4 Å². The molecule has 0 spiro atoms. The van der Waals surface area contributed by atoms with Crippen LogP contribution in [0.2, 0.25) is 0 Å². The predicted molar refractivity (Wildman–Crippen MR) is 75.5 cm³/mol. The minimum absolute atomic E-state index is 0.283. The van der Waals surface area contributed by atoms with E-state index in [9.17, 15) is 9.59 Å². The van der Waals surface area contributed by atoms with Gasteiger partial charge in [-0.25, -0.2) is 4.79 Å². The maximum Gasteiger partial charge on any atom is 0.328 e. The first kappa shape index (κ1) is 14.6. The van der Waals surface area contributed by atoms with Crippen molar-refractivity contribution in [2.24, 2.45) is 0 Å². The van der Waals surface area contributed by atoms with Gasteiger partial charge in [0.15, 0.2) is 0 Å². The Labute approximate surface area is 121 Å². The Morgan fingerprint density at radius 1 is 1.43 bits per heavy atom. The smallest absolute Gasteiger partial charge is 0.328 e. The van der Waals surface area contributed by atoms with Gasteiger partial charge in [0.2, 0.25) is 0 Å². The lowest BCUT2D eigenvalue weighted by Gasteiger charge is -2.06. The number of hydrogen-bond donors (Lipinski definition) is 2. The highest BCUT2D eigenvalue weighted by atomic mass is 16.5. The molecular formula is C14H15N3O4. The van der Waals surface area contributed by atoms with E-state index in [0.29, 0.717) is 11.4 Å². The maximum atomic E-state index is 12.1. The first-order chi connectivity index (χ1) is 10.0. The number of carbonyl (C=O) groups excluding carboxylic acids is 1. The Bertz CT molecular complexity index is 666. The molecule has 7 heteroatoms. The summed E-state index contributed by atoms with van der Waals surface area (Å²) in [6.07, 6.45) is 2.73. The second-order valence-electron chi connectivity index (χ2n) is 4.41. The molecule has 2 N–H and O–H groups in total. The molecule has 1 atom stereocenters. The number of benzene rings is 1. The fourth-order valence-electron chi connectivity index (χ4n) is 1.68. The Morgan fingerprint density at radius 2 is 2.19 bits per heavy atom. The zero-order valence-corrected chi connectivity index (χ0v) is 11.6. The first-order valence-corrected chi connectivity index (χ1v) is 6.23. The zero-order valence-electron chi connectivity index (χ0n) is 11.6. The highest BCUT2D eigenvalue weighted by molar-refractivity contribution is 6.04. The Morgan fingerprint density at radius 3 is 2.86 bits per heavy atom. The molecule has 0 bridgehead atoms. The van der Waals surface area contributed by atoms with Crippen molar-refractivity contribution < 1.29 is 19.4 Å². The maximum absolute atomic E-state index is 12.1. The van der Waals surface area contributed by atoms with E-state index < -0.39 is 12.0 Å². The molecule has 1 unspecified atom stereocenters. The Hall–Kier alpha value is -2.83. The van der Waals surface area contributed by atoms with Crippen LogP contribution in [0.1, 0.15) is 23.3 Å². The van der Waals surface area contributed by atoms with Crippen molar-refractivity contribution in [3.63, 3.8) is 0 Å². The summed E-state index contributed by atoms with van der Waals surface area (Å²) in [5.74, 6) is -0.757. The van der Waals surface area contributed by atoms with Crippen molar-refractivity contribution in [3.8, 4) is 5.75 Å². The summed E-state index contributed by atoms with van der Waals surface area (Å²) < 4.78 is 6.30. The molecule has 2 aromatic rings. The van der Waals surface area contributed by atoms with E-state index in [1.807, 2.05) is 0 Å². The standard InChI is InChI=1S/C14H15N3O4/c1-9(14(19)20)17-8-10(7-15-17)13(18)16-11-4-3-5-12(6-11)21-2/h3-9H,1-2H3,(H,16,18)(H,19,20). The molecule has 0 aliphatic rings. The fraction of sp³-hybridized carbons (Fsp3) is 0.214. The predicted octanol–water partition coefficient (Wildman–Crippen LogP) is 1.79. The number of nitrogens with one attached hydrogen (secondary N) is 1. The van der Waals surface area contributed by atoms with Gasteiger partial charge in [0, 0.05) is 18.0 Å². The monoisotopic (exact) mass is 289 g/mol. The number of aromatic nitrogens is 2. The molecule has 110 valence electrons. The van der Waals surface area contributed by atoms with Crippen molar-refractivity contribution in [1.82, 2.24) is 9.78 Å². The molecule has 1 aromatic heterocycles. The molecule has 7 nitrogen and oxygen atoms in total. The summed E-state index contributed by atoms with van der Waals surface area (Å²) >= 11 is 0. The van der Waals surface area contributed by atoms with E-state index in [4.69, 9.17) is 9.84 Å². The number of aliphatic carboxylic acids is 1. The Balaban J connectivity index is 2.11. The van der Waals surface area contributed by atoms with Crippen LogP contribution in [0.5, 0.6) is 5.75 Å². The minimum Gasteiger partial charge on any atom is -0.497 e. The SMILES string of the molecule is COc1cccc(NC(=O)c2cnn(C(C)C(=O)O)c2)c1. The zero-order chi connectivity index (χ0) is 15.4. The van der Waals surface area contributed by atoms with Gasteiger partial charge in [-0.15, -0.1) is 0 Å². The quantitative estimate of drug-likeness (QED) is 0.875. The number of nitrogens with zero attached hydrogens (tertiary/aromatic N) is 2. The van der Waals surface area contributed by atoms with Crippen LogP contribution in [-0.4, -0.2) is 33.9 Å². The molecule has 0 aliphatic carbocycles. The number of carbonyl (C=O) groups is 2. The van der Waals surface area contributed by atoms with Crippen molar-refractivity contribution >= 4 is 17.6 Å². The molecule has 1 aromatic carbocycles. The number of amides is 1. The molecule has 21 heavy (non-hydrogen) atoms. The largest absolute Gasteiger partial charge is 0.497 e. The van der Waals surface area contributed by atoms with Crippen LogP contribution in [0.4, 0.5) is 5.69 Å². The van der Waals surface area contributed by atoms with Crippen LogP contribution >= 0.6 is 0 Å². The molecule has 0 radical (unpaired) electrons. The van der Waals surface area contributed by atoms with Crippen molar-refractivity contribution in [1.29, 1.82) is 0 Å². The topological polar surface area (TPSA) is 93.5 Å². The number of ether oxygens (including phenoxy) is 1. The number of hydrogen-bond acceptors (Lipinski definition) is 4. The van der Waals surface area contributed by atoms with Crippen molar-refractivity contribution in [2.45, 2.75) is 13.0 Å². The minimum atomic E-state index is -1.02. The van der Waals surface area contributed by atoms with Gasteiger partial charge in [0.05, 0.1) is 18.9 Å². The van der Waals surface area contributed by atoms with E-state index >= 15 is 0 Å². The van der Waals surface area contributed by atoms with Crippen LogP contribution in [-0.2, 0) is 4.79 Å². The second-order valence-corrected chi connectivity index (χ2v) is 4.41. The van der Waals surface area contributed by atoms with Crippen molar-refractivity contribution in [3.05, 3.63) is 42.2 Å². The molecule has 2 rings (SSSR count). The molecule has 1 heterocycles. The van der Waals surface area contributed by atoms with Gasteiger partial charge in [0.1, 0.15) is 11.8 Å². The highest BCUT2D eigenvalue weighted by Gasteiger charge is 2.16. The van der Waals surface area contributed by atoms with E-state index in [-0.39, 0.29) is 11.5 Å². The number of rotatable bonds is 5. The van der Waals surface area contributed by atoms with Crippen LogP contribution < -0.4 is 10.1 Å². The van der Waals surface area contributed by atoms with Crippen LogP contribution in [0.3, 0.4) is 0 Å². The fourth-order valence-corrected chi connectivity index (χ4v) is 1.68. The molecule has 1 amide bonds. The third-order valence-corrected chi connectivity index (χ3v) is 2.95. The van der Waals surface area contributed by atoms with Crippen molar-refractivity contribution in [2.75, 3.05) is 12.4 Å². The third-order valence-electron chi connectivity index (χ3n) is 2.95. The summed E-state index contributed by atoms with van der Waals surface area (Å²) in [6.45, 7) is 1.49. The highest BCUT2D eigenvalue weighted by Crippen LogP contribution is 2.17. The summed E-state index contributed by atoms with van der Waals surface area (Å²) in [6, 6.07) is 6.10. The average Bonchev–Trinajstić information content (AvgIpc) is 2.96. The summed E-state index contributed by atoms with van der Waals surface area (Å²) in [4.78, 5) is 22.9. The summed E-state index contributed by atoms with van der Waals surface area (Å²) in [5.41, 5.74) is 0.865. The van der Waals surface area contributed by atoms with Gasteiger partial charge in [-0.05, 0) is 19.1 Å². The van der Waals surface area contributed by atoms with Gasteiger partial charge in [-0.3, -0.25) is 9.48 Å². The summed E-state index contributed by atoms with van der Waals surface area (Å²) in [7, 11) is 1.54. The van der Waals surface area contributed by atoms with Crippen LogP contribution in [0.15, 0.2) is 36.7 Å². The lowest BCUT2D eigenvalue weighted by atomic mass is 10.2. The molecule has 0 saturated carbocycles. The molecule has 0 fully saturated rings. The number of methoxy groups -OCH3 is 1. The van der Waals surface area contributed by atoms with Gasteiger partial charge >= 0.3 is 5.97 Å². The normalized spacial score (nSPS) is 11.7. The first-order valence-electron chi connectivity index (χ1n) is 6.23. The van der Waals surface area contributed by atoms with Gasteiger partial charge in [0.25, 0.3) is 5.91 Å². The Kier molecular flexibility index (Phi) is 4.22. The van der Waals surface area contributed by atoms with E-state index in [1.165, 1.54) is 31.1 Å². The van der Waals surface area contributed by atoms with Gasteiger partial charge in [-0.1, -0.05) is 6.07 Å². The molecule has 0 aliphatic heterocycles. The lowest BCUT2D eigenvalue weighted by Crippen LogP contribution is -2.16. The average molecular weight is 289 g/mol. The number of carboxylic acid groups (broad SMARTS) is 1. The second kappa shape index (κ2) is 6.08. The third kappa shape index (κ3) is 3.38. The summed E-state index contributed by atoms with van der Waals surface area (Å²) in [5, 5.41) is 15.5. The van der Waals surface area contributed by atoms with E-state index in [1.54, 1.807) is 24.3 Å². The van der Waals surface area contributed by atoms with Gasteiger partial charge in [-0.2, -0.15) is 5.10 Å². The number of carboxylic acids is 1. The lowest BCUT2D eigenvalue weighted by molar-refractivity contribution is -0.140. The molecule has 0 saturated heterocycles. The van der Waals surface area contributed by atoms with E-state index in [0.717, 1.165) is 0 Å².